The summed E-state index contributed by atoms with van der Waals surface area (Å²) in [5.41, 5.74) is 1.35. The van der Waals surface area contributed by atoms with Crippen molar-refractivity contribution in [1.82, 2.24) is 0 Å². The van der Waals surface area contributed by atoms with E-state index < -0.39 is 0 Å². The summed E-state index contributed by atoms with van der Waals surface area (Å²) in [7, 11) is 0. The molecule has 0 atom stereocenters. The molecule has 0 aromatic heterocycles. The van der Waals surface area contributed by atoms with E-state index in [0.717, 1.165) is 5.56 Å². The third-order valence-electron chi connectivity index (χ3n) is 1.49. The zero-order valence-electron chi connectivity index (χ0n) is 5.93. The van der Waals surface area contributed by atoms with Crippen molar-refractivity contribution in [2.24, 2.45) is 0 Å². The summed E-state index contributed by atoms with van der Waals surface area (Å²) >= 11 is 9.89. The van der Waals surface area contributed by atoms with E-state index >= 15 is 0 Å². The minimum absolute atomic E-state index is 0.556. The lowest BCUT2D eigenvalue weighted by Gasteiger charge is -2.01. The van der Waals surface area contributed by atoms with Crippen molar-refractivity contribution in [3.8, 4) is 6.07 Å². The summed E-state index contributed by atoms with van der Waals surface area (Å²) in [5, 5.41) is 9.28. The van der Waals surface area contributed by atoms with Crippen molar-refractivity contribution >= 4 is 24.2 Å². The number of hydrogen-bond acceptors (Lipinski definition) is 2. The van der Waals surface area contributed by atoms with Crippen LogP contribution in [0.5, 0.6) is 0 Å². The quantitative estimate of drug-likeness (QED) is 0.615. The highest BCUT2D eigenvalue weighted by Gasteiger charge is 2.04. The van der Waals surface area contributed by atoms with Gasteiger partial charge in [-0.1, -0.05) is 11.6 Å². The molecule has 0 bridgehead atoms. The molecular weight excluding hydrogens is 178 g/mol. The largest absolute Gasteiger partial charge is 0.192 e. The van der Waals surface area contributed by atoms with Crippen molar-refractivity contribution in [3.63, 3.8) is 0 Å². The predicted octanol–water partition coefficient (Wildman–Crippen LogP) is 2.81. The van der Waals surface area contributed by atoms with Crippen molar-refractivity contribution in [1.29, 1.82) is 5.26 Å². The second-order valence-electron chi connectivity index (χ2n) is 2.18. The van der Waals surface area contributed by atoms with Crippen molar-refractivity contribution < 1.29 is 0 Å². The van der Waals surface area contributed by atoms with Crippen LogP contribution in [0.1, 0.15) is 11.1 Å². The van der Waals surface area contributed by atoms with Gasteiger partial charge in [0.25, 0.3) is 0 Å². The van der Waals surface area contributed by atoms with E-state index in [-0.39, 0.29) is 0 Å². The highest BCUT2D eigenvalue weighted by Crippen LogP contribution is 2.23. The van der Waals surface area contributed by atoms with E-state index in [9.17, 15) is 0 Å². The van der Waals surface area contributed by atoms with E-state index in [1.54, 1.807) is 19.1 Å². The van der Waals surface area contributed by atoms with Crippen molar-refractivity contribution in [3.05, 3.63) is 28.3 Å². The first-order chi connectivity index (χ1) is 5.16. The van der Waals surface area contributed by atoms with Gasteiger partial charge in [-0.3, -0.25) is 0 Å². The monoisotopic (exact) mass is 183 g/mol. The molecule has 0 amide bonds. The molecule has 0 spiro atoms. The van der Waals surface area contributed by atoms with Crippen molar-refractivity contribution in [2.75, 3.05) is 0 Å². The topological polar surface area (TPSA) is 23.8 Å². The number of hydrogen-bond donors (Lipinski definition) is 1. The Morgan fingerprint density at radius 3 is 2.64 bits per heavy atom. The molecule has 0 unspecified atom stereocenters. The average Bonchev–Trinajstić information content (AvgIpc) is 1.99. The van der Waals surface area contributed by atoms with Gasteiger partial charge in [0.15, 0.2) is 0 Å². The first-order valence-corrected chi connectivity index (χ1v) is 3.87. The highest BCUT2D eigenvalue weighted by molar-refractivity contribution is 7.80. The van der Waals surface area contributed by atoms with Gasteiger partial charge in [0.1, 0.15) is 6.07 Å². The molecule has 0 radical (unpaired) electrons. The molecule has 11 heavy (non-hydrogen) atoms. The zero-order chi connectivity index (χ0) is 8.43. The molecule has 0 aliphatic rings. The number of halogens is 1. The number of thiol groups is 1. The molecule has 1 rings (SSSR count). The molecule has 0 aliphatic carbocycles. The first kappa shape index (κ1) is 8.45. The van der Waals surface area contributed by atoms with Crippen LogP contribution >= 0.6 is 24.2 Å². The predicted molar refractivity (Wildman–Crippen MR) is 48.2 cm³/mol. The molecule has 56 valence electrons. The highest BCUT2D eigenvalue weighted by atomic mass is 35.5. The van der Waals surface area contributed by atoms with Crippen LogP contribution in [0.2, 0.25) is 5.02 Å². The van der Waals surface area contributed by atoms with E-state index in [1.807, 2.05) is 6.07 Å². The fourth-order valence-electron chi connectivity index (χ4n) is 0.813. The van der Waals surface area contributed by atoms with E-state index in [0.29, 0.717) is 15.5 Å². The van der Waals surface area contributed by atoms with Gasteiger partial charge < -0.3 is 0 Å². The maximum absolute atomic E-state index is 8.67. The van der Waals surface area contributed by atoms with Crippen LogP contribution in [0.4, 0.5) is 0 Å². The second kappa shape index (κ2) is 3.17. The standard InChI is InChI=1S/C8H6ClNS/c1-5-6(4-10)8(11)3-2-7(5)9/h2-3,11H,1H3. The van der Waals surface area contributed by atoms with Crippen LogP contribution in [0.15, 0.2) is 17.0 Å². The summed E-state index contributed by atoms with van der Waals surface area (Å²) in [6.07, 6.45) is 0. The van der Waals surface area contributed by atoms with Gasteiger partial charge in [0, 0.05) is 9.92 Å². The smallest absolute Gasteiger partial charge is 0.101 e. The normalized spacial score (nSPS) is 9.27. The van der Waals surface area contributed by atoms with E-state index in [2.05, 4.69) is 12.6 Å². The molecule has 0 heterocycles. The maximum atomic E-state index is 8.67. The second-order valence-corrected chi connectivity index (χ2v) is 3.07. The SMILES string of the molecule is Cc1c(Cl)ccc(S)c1C#N. The molecule has 1 aromatic rings. The lowest BCUT2D eigenvalue weighted by atomic mass is 10.1. The fraction of sp³-hybridized carbons (Fsp3) is 0.125. The van der Waals surface area contributed by atoms with Gasteiger partial charge in [-0.15, -0.1) is 12.6 Å². The summed E-state index contributed by atoms with van der Waals surface area (Å²) in [6, 6.07) is 5.50. The number of nitrogens with zero attached hydrogens (tertiary/aromatic N) is 1. The third-order valence-corrected chi connectivity index (χ3v) is 2.27. The minimum atomic E-state index is 0.556. The Morgan fingerprint density at radius 1 is 1.55 bits per heavy atom. The summed E-state index contributed by atoms with van der Waals surface area (Å²) < 4.78 is 0. The van der Waals surface area contributed by atoms with Crippen LogP contribution in [0.3, 0.4) is 0 Å². The molecule has 0 aliphatic heterocycles. The molecule has 0 fully saturated rings. The number of rotatable bonds is 0. The van der Waals surface area contributed by atoms with Crippen LogP contribution < -0.4 is 0 Å². The van der Waals surface area contributed by atoms with Gasteiger partial charge >= 0.3 is 0 Å². The van der Waals surface area contributed by atoms with Gasteiger partial charge in [-0.25, -0.2) is 0 Å². The Bertz CT molecular complexity index is 328. The Kier molecular flexibility index (Phi) is 2.43. The maximum Gasteiger partial charge on any atom is 0.101 e. The number of benzene rings is 1. The van der Waals surface area contributed by atoms with Gasteiger partial charge in [-0.2, -0.15) is 5.26 Å². The Morgan fingerprint density at radius 2 is 2.18 bits per heavy atom. The molecule has 0 saturated heterocycles. The van der Waals surface area contributed by atoms with Crippen LogP contribution in [-0.2, 0) is 0 Å². The minimum Gasteiger partial charge on any atom is -0.192 e. The van der Waals surface area contributed by atoms with Crippen LogP contribution in [0.25, 0.3) is 0 Å². The van der Waals surface area contributed by atoms with Gasteiger partial charge in [0.05, 0.1) is 5.56 Å². The van der Waals surface area contributed by atoms with E-state index in [1.165, 1.54) is 0 Å². The van der Waals surface area contributed by atoms with Gasteiger partial charge in [0.2, 0.25) is 0 Å². The Balaban J connectivity index is 3.44. The Labute approximate surface area is 76.0 Å². The van der Waals surface area contributed by atoms with E-state index in [4.69, 9.17) is 16.9 Å². The van der Waals surface area contributed by atoms with Crippen LogP contribution in [0, 0.1) is 18.3 Å². The lowest BCUT2D eigenvalue weighted by molar-refractivity contribution is 1.30. The average molecular weight is 184 g/mol. The molecule has 0 saturated carbocycles. The lowest BCUT2D eigenvalue weighted by Crippen LogP contribution is -1.84. The fourth-order valence-corrected chi connectivity index (χ4v) is 1.26. The molecular formula is C8H6ClNS. The molecule has 1 nitrogen and oxygen atoms in total. The van der Waals surface area contributed by atoms with Gasteiger partial charge in [-0.05, 0) is 24.6 Å². The summed E-state index contributed by atoms with van der Waals surface area (Å²) in [6.45, 7) is 1.81. The first-order valence-electron chi connectivity index (χ1n) is 3.05. The van der Waals surface area contributed by atoms with Crippen molar-refractivity contribution in [2.45, 2.75) is 11.8 Å². The molecule has 0 N–H and O–H groups in total. The number of nitriles is 1. The Hall–Kier alpha value is -0.650. The molecule has 3 heteroatoms. The van der Waals surface area contributed by atoms with Crippen LogP contribution in [-0.4, -0.2) is 0 Å². The summed E-state index contributed by atoms with van der Waals surface area (Å²) in [4.78, 5) is 0.675. The molecule has 1 aromatic carbocycles. The third kappa shape index (κ3) is 1.50. The summed E-state index contributed by atoms with van der Waals surface area (Å²) in [5.74, 6) is 0. The zero-order valence-corrected chi connectivity index (χ0v) is 7.58.